The molecule has 0 spiro atoms. The van der Waals surface area contributed by atoms with Crippen LogP contribution in [-0.2, 0) is 4.79 Å². The zero-order valence-electron chi connectivity index (χ0n) is 12.0. The Hall–Kier alpha value is -0.710. The Kier molecular flexibility index (Phi) is 5.75. The molecule has 3 nitrogen and oxygen atoms in total. The molecule has 0 bridgehead atoms. The first-order chi connectivity index (χ1) is 9.69. The van der Waals surface area contributed by atoms with E-state index >= 15 is 0 Å². The highest BCUT2D eigenvalue weighted by molar-refractivity contribution is 8.01. The Bertz CT molecular complexity index is 469. The minimum Gasteiger partial charge on any atom is -0.349 e. The van der Waals surface area contributed by atoms with Crippen molar-refractivity contribution in [2.45, 2.75) is 30.4 Å². The van der Waals surface area contributed by atoms with E-state index in [2.05, 4.69) is 19.3 Å². The largest absolute Gasteiger partial charge is 0.349 e. The molecule has 0 saturated carbocycles. The highest BCUT2D eigenvalue weighted by atomic mass is 35.5. The molecular weight excluding hydrogens is 292 g/mol. The van der Waals surface area contributed by atoms with Crippen molar-refractivity contribution in [1.29, 1.82) is 0 Å². The summed E-state index contributed by atoms with van der Waals surface area (Å²) in [4.78, 5) is 14.5. The Labute approximate surface area is 130 Å². The van der Waals surface area contributed by atoms with E-state index in [1.165, 1.54) is 0 Å². The maximum absolute atomic E-state index is 12.5. The minimum absolute atomic E-state index is 0.0676. The van der Waals surface area contributed by atoms with Gasteiger partial charge in [0.2, 0.25) is 5.91 Å². The van der Waals surface area contributed by atoms with Gasteiger partial charge < -0.3 is 10.2 Å². The highest BCUT2D eigenvalue weighted by Crippen LogP contribution is 2.45. The molecular formula is C15H22ClN2OS+. The topological polar surface area (TPSA) is 36.9 Å². The van der Waals surface area contributed by atoms with Crippen molar-refractivity contribution in [3.05, 3.63) is 34.9 Å². The van der Waals surface area contributed by atoms with Crippen LogP contribution in [-0.4, -0.2) is 36.2 Å². The number of halogens is 1. The van der Waals surface area contributed by atoms with E-state index in [1.807, 2.05) is 29.2 Å². The zero-order valence-corrected chi connectivity index (χ0v) is 13.6. The predicted molar refractivity (Wildman–Crippen MR) is 84.9 cm³/mol. The monoisotopic (exact) mass is 313 g/mol. The highest BCUT2D eigenvalue weighted by Gasteiger charge is 2.40. The van der Waals surface area contributed by atoms with Crippen molar-refractivity contribution in [3.63, 3.8) is 0 Å². The molecule has 1 amide bonds. The Morgan fingerprint density at radius 1 is 1.40 bits per heavy atom. The predicted octanol–water partition coefficient (Wildman–Crippen LogP) is 2.28. The number of amides is 1. The zero-order chi connectivity index (χ0) is 14.5. The summed E-state index contributed by atoms with van der Waals surface area (Å²) >= 11 is 8.05. The number of nitrogens with zero attached hydrogens (tertiary/aromatic N) is 1. The van der Waals surface area contributed by atoms with E-state index < -0.39 is 0 Å². The Balaban J connectivity index is 2.20. The van der Waals surface area contributed by atoms with Gasteiger partial charge in [-0.1, -0.05) is 36.7 Å². The molecule has 2 atom stereocenters. The number of carbonyl (C=O) groups excluding carboxylic acids is 1. The number of thioether (sulfide) groups is 1. The van der Waals surface area contributed by atoms with E-state index in [0.29, 0.717) is 0 Å². The summed E-state index contributed by atoms with van der Waals surface area (Å²) in [5.74, 6) is 0.263. The molecule has 110 valence electrons. The first kappa shape index (κ1) is 15.7. The Morgan fingerprint density at radius 3 is 2.80 bits per heavy atom. The molecule has 0 aromatic heterocycles. The van der Waals surface area contributed by atoms with Crippen molar-refractivity contribution >= 4 is 29.3 Å². The maximum atomic E-state index is 12.5. The second-order valence-corrected chi connectivity index (χ2v) is 6.68. The van der Waals surface area contributed by atoms with Gasteiger partial charge in [0.1, 0.15) is 5.37 Å². The van der Waals surface area contributed by atoms with E-state index in [4.69, 9.17) is 11.6 Å². The first-order valence-electron chi connectivity index (χ1n) is 7.17. The normalized spacial score (nSPS) is 22.6. The molecule has 1 aliphatic heterocycles. The molecule has 1 fully saturated rings. The fraction of sp³-hybridized carbons (Fsp3) is 0.533. The summed E-state index contributed by atoms with van der Waals surface area (Å²) < 4.78 is 0. The number of carbonyl (C=O) groups is 1. The second-order valence-electron chi connectivity index (χ2n) is 4.99. The summed E-state index contributed by atoms with van der Waals surface area (Å²) in [5.41, 5.74) is 1.06. The van der Waals surface area contributed by atoms with Gasteiger partial charge >= 0.3 is 0 Å². The number of benzene rings is 1. The van der Waals surface area contributed by atoms with Crippen molar-refractivity contribution < 1.29 is 10.1 Å². The van der Waals surface area contributed by atoms with E-state index in [9.17, 15) is 4.79 Å². The lowest BCUT2D eigenvalue weighted by Crippen LogP contribution is -2.79. The molecule has 20 heavy (non-hydrogen) atoms. The van der Waals surface area contributed by atoms with Gasteiger partial charge in [-0.15, -0.1) is 11.8 Å². The summed E-state index contributed by atoms with van der Waals surface area (Å²) in [7, 11) is 2.06. The molecule has 1 aromatic rings. The summed E-state index contributed by atoms with van der Waals surface area (Å²) in [6.07, 6.45) is 1.89. The van der Waals surface area contributed by atoms with Gasteiger partial charge in [0.15, 0.2) is 0 Å². The number of hydrogen-bond acceptors (Lipinski definition) is 2. The lowest BCUT2D eigenvalue weighted by atomic mass is 10.2. The number of quaternary nitrogens is 1. The first-order valence-corrected chi connectivity index (χ1v) is 8.49. The molecule has 2 N–H and O–H groups in total. The number of hydrogen-bond donors (Lipinski definition) is 1. The molecule has 0 unspecified atom stereocenters. The average molecular weight is 314 g/mol. The molecule has 1 aromatic carbocycles. The molecule has 0 radical (unpaired) electrons. The van der Waals surface area contributed by atoms with Crippen LogP contribution in [0.2, 0.25) is 5.02 Å². The van der Waals surface area contributed by atoms with Crippen LogP contribution in [0, 0.1) is 0 Å². The van der Waals surface area contributed by atoms with Crippen molar-refractivity contribution in [2.24, 2.45) is 0 Å². The molecule has 1 saturated heterocycles. The van der Waals surface area contributed by atoms with Gasteiger partial charge in [0.05, 0.1) is 18.8 Å². The van der Waals surface area contributed by atoms with Crippen LogP contribution in [0.1, 0.15) is 30.7 Å². The number of rotatable bonds is 6. The van der Waals surface area contributed by atoms with Crippen LogP contribution in [0.3, 0.4) is 0 Å². The molecule has 0 aliphatic carbocycles. The van der Waals surface area contributed by atoms with Gasteiger partial charge in [-0.2, -0.15) is 0 Å². The van der Waals surface area contributed by atoms with E-state index in [0.717, 1.165) is 36.5 Å². The summed E-state index contributed by atoms with van der Waals surface area (Å²) in [6, 6.07) is 7.86. The van der Waals surface area contributed by atoms with Gasteiger partial charge in [-0.25, -0.2) is 0 Å². The van der Waals surface area contributed by atoms with Gasteiger partial charge in [-0.3, -0.25) is 4.79 Å². The van der Waals surface area contributed by atoms with Crippen molar-refractivity contribution in [3.8, 4) is 0 Å². The molecule has 5 heteroatoms. The van der Waals surface area contributed by atoms with Crippen LogP contribution < -0.4 is 5.32 Å². The molecule has 1 heterocycles. The molecule has 1 aliphatic rings. The molecule has 2 rings (SSSR count). The fourth-order valence-corrected chi connectivity index (χ4v) is 4.24. The second kappa shape index (κ2) is 7.34. The van der Waals surface area contributed by atoms with E-state index in [-0.39, 0.29) is 16.5 Å². The lowest BCUT2D eigenvalue weighted by molar-refractivity contribution is -0.627. The van der Waals surface area contributed by atoms with Crippen LogP contribution >= 0.6 is 23.4 Å². The third-order valence-electron chi connectivity index (χ3n) is 3.57. The van der Waals surface area contributed by atoms with Crippen LogP contribution in [0.25, 0.3) is 0 Å². The maximum Gasteiger partial charge on any atom is 0.236 e. The third-order valence-corrected chi connectivity index (χ3v) is 5.54. The van der Waals surface area contributed by atoms with Crippen LogP contribution in [0.4, 0.5) is 0 Å². The van der Waals surface area contributed by atoms with Gasteiger partial charge in [-0.05, 0) is 12.5 Å². The minimum atomic E-state index is 0.0676. The Morgan fingerprint density at radius 2 is 2.15 bits per heavy atom. The standard InChI is InChI=1S/C15H21ClN2OS/c1-3-13-14(19)18(10-6-9-17-2)15(20-13)11-7-4-5-8-12(11)16/h4-5,7-8,13,15,17H,3,6,9-10H2,1-2H3/p+1/t13-,15-/m1/s1. The van der Waals surface area contributed by atoms with E-state index in [1.54, 1.807) is 11.8 Å². The van der Waals surface area contributed by atoms with Crippen LogP contribution in [0.5, 0.6) is 0 Å². The van der Waals surface area contributed by atoms with Gasteiger partial charge in [0.25, 0.3) is 0 Å². The average Bonchev–Trinajstić information content (AvgIpc) is 2.77. The van der Waals surface area contributed by atoms with Crippen LogP contribution in [0.15, 0.2) is 24.3 Å². The van der Waals surface area contributed by atoms with Gasteiger partial charge in [0, 0.05) is 23.6 Å². The smallest absolute Gasteiger partial charge is 0.236 e. The number of nitrogens with two attached hydrogens (primary N) is 1. The summed E-state index contributed by atoms with van der Waals surface area (Å²) in [5, 5.41) is 3.04. The summed E-state index contributed by atoms with van der Waals surface area (Å²) in [6.45, 7) is 3.92. The quantitative estimate of drug-likeness (QED) is 0.818. The fourth-order valence-electron chi connectivity index (χ4n) is 2.47. The SMILES string of the molecule is CC[C@H]1S[C@H](c2ccccc2Cl)N(CCC[NH2+]C)C1=O. The third kappa shape index (κ3) is 3.30. The lowest BCUT2D eigenvalue weighted by Gasteiger charge is -2.24. The van der Waals surface area contributed by atoms with Crippen molar-refractivity contribution in [1.82, 2.24) is 4.90 Å². The van der Waals surface area contributed by atoms with Crippen molar-refractivity contribution in [2.75, 3.05) is 20.1 Å².